The minimum absolute atomic E-state index is 0.109. The molecular weight excluding hydrogens is 218 g/mol. The zero-order valence-electron chi connectivity index (χ0n) is 6.56. The molecule has 1 N–H and O–H groups in total. The smallest absolute Gasteiger partial charge is 0.252 e. The lowest BCUT2D eigenvalue weighted by atomic mass is 9.88. The molecule has 0 amide bonds. The summed E-state index contributed by atoms with van der Waals surface area (Å²) in [5, 5.41) is 4.61. The van der Waals surface area contributed by atoms with Gasteiger partial charge in [-0.3, -0.25) is 0 Å². The molecule has 1 fully saturated rings. The van der Waals surface area contributed by atoms with Crippen molar-refractivity contribution in [2.45, 2.75) is 24.8 Å². The van der Waals surface area contributed by atoms with Crippen LogP contribution in [0.1, 0.15) is 12.8 Å². The van der Waals surface area contributed by atoms with Crippen LogP contribution in [0.3, 0.4) is 0 Å². The molecule has 0 bridgehead atoms. The van der Waals surface area contributed by atoms with E-state index >= 15 is 0 Å². The van der Waals surface area contributed by atoms with Gasteiger partial charge in [0, 0.05) is 24.3 Å². The predicted octanol–water partition coefficient (Wildman–Crippen LogP) is 3.01. The fourth-order valence-corrected chi connectivity index (χ4v) is 2.00. The second-order valence-electron chi connectivity index (χ2n) is 3.09. The van der Waals surface area contributed by atoms with Crippen LogP contribution in [-0.2, 0) is 0 Å². The Hall–Kier alpha value is -0.420. The molecule has 1 aromatic rings. The fraction of sp³-hybridized carbons (Fsp3) is 0.571. The number of hydrogen-bond acceptors (Lipinski definition) is 3. The topological polar surface area (TPSA) is 24.9 Å². The van der Waals surface area contributed by atoms with Crippen molar-refractivity contribution in [1.29, 1.82) is 0 Å². The summed E-state index contributed by atoms with van der Waals surface area (Å²) in [4.78, 5) is 3.91. The van der Waals surface area contributed by atoms with Crippen molar-refractivity contribution in [2.75, 3.05) is 5.32 Å². The minimum Gasteiger partial charge on any atom is -0.366 e. The number of hydrogen-bond donors (Lipinski definition) is 1. The second-order valence-corrected chi connectivity index (χ2v) is 4.53. The maximum absolute atomic E-state index is 12.4. The summed E-state index contributed by atoms with van der Waals surface area (Å²) in [6.45, 7) is 0. The molecule has 0 aliphatic heterocycles. The Balaban J connectivity index is 1.87. The highest BCUT2D eigenvalue weighted by Crippen LogP contribution is 2.39. The number of nitrogens with zero attached hydrogens (tertiary/aromatic N) is 1. The van der Waals surface area contributed by atoms with E-state index in [4.69, 9.17) is 11.6 Å². The average Bonchev–Trinajstić information content (AvgIpc) is 2.31. The first kappa shape index (κ1) is 9.15. The molecule has 2 rings (SSSR count). The Bertz CT molecular complexity index is 307. The van der Waals surface area contributed by atoms with Gasteiger partial charge in [0.1, 0.15) is 5.82 Å². The van der Waals surface area contributed by atoms with E-state index in [2.05, 4.69) is 10.3 Å². The van der Waals surface area contributed by atoms with Crippen molar-refractivity contribution in [1.82, 2.24) is 4.98 Å². The van der Waals surface area contributed by atoms with Gasteiger partial charge in [-0.1, -0.05) is 11.6 Å². The summed E-state index contributed by atoms with van der Waals surface area (Å²) >= 11 is 6.87. The molecule has 0 saturated heterocycles. The summed E-state index contributed by atoms with van der Waals surface area (Å²) in [5.74, 6) is -1.90. The predicted molar refractivity (Wildman–Crippen MR) is 48.7 cm³/mol. The van der Waals surface area contributed by atoms with Crippen LogP contribution in [0.25, 0.3) is 0 Å². The van der Waals surface area contributed by atoms with Gasteiger partial charge in [-0.2, -0.15) is 0 Å². The highest BCUT2D eigenvalue weighted by Gasteiger charge is 2.45. The van der Waals surface area contributed by atoms with Gasteiger partial charge in [0.2, 0.25) is 0 Å². The van der Waals surface area contributed by atoms with Crippen molar-refractivity contribution in [3.63, 3.8) is 0 Å². The first-order valence-electron chi connectivity index (χ1n) is 3.80. The molecule has 1 aliphatic rings. The normalized spacial score (nSPS) is 21.2. The van der Waals surface area contributed by atoms with Gasteiger partial charge >= 0.3 is 0 Å². The van der Waals surface area contributed by atoms with Crippen LogP contribution >= 0.6 is 22.9 Å². The molecule has 0 atom stereocenters. The third kappa shape index (κ3) is 2.08. The Labute approximate surface area is 82.9 Å². The number of aromatic nitrogens is 1. The number of alkyl halides is 2. The van der Waals surface area contributed by atoms with Crippen molar-refractivity contribution in [2.24, 2.45) is 0 Å². The number of nitrogens with one attached hydrogen (secondary N) is 1. The van der Waals surface area contributed by atoms with E-state index in [0.717, 1.165) is 0 Å². The van der Waals surface area contributed by atoms with E-state index in [1.54, 1.807) is 5.38 Å². The molecule has 2 nitrogen and oxygen atoms in total. The number of thiazole rings is 1. The van der Waals surface area contributed by atoms with Gasteiger partial charge in [0.15, 0.2) is 4.47 Å². The average molecular weight is 225 g/mol. The molecule has 0 spiro atoms. The number of anilines is 1. The van der Waals surface area contributed by atoms with Gasteiger partial charge in [0.05, 0.1) is 0 Å². The largest absolute Gasteiger partial charge is 0.366 e. The van der Waals surface area contributed by atoms with Gasteiger partial charge < -0.3 is 5.32 Å². The third-order valence-corrected chi connectivity index (χ3v) is 2.90. The Morgan fingerprint density at radius 3 is 2.77 bits per heavy atom. The zero-order chi connectivity index (χ0) is 9.47. The zero-order valence-corrected chi connectivity index (χ0v) is 8.13. The monoisotopic (exact) mass is 224 g/mol. The minimum atomic E-state index is -2.49. The van der Waals surface area contributed by atoms with Gasteiger partial charge in [-0.05, 0) is 0 Å². The summed E-state index contributed by atoms with van der Waals surface area (Å²) in [6, 6.07) is -0.159. The summed E-state index contributed by atoms with van der Waals surface area (Å²) in [7, 11) is 0. The van der Waals surface area contributed by atoms with Crippen LogP contribution in [0.5, 0.6) is 0 Å². The van der Waals surface area contributed by atoms with E-state index in [1.807, 2.05) is 0 Å². The van der Waals surface area contributed by atoms with Gasteiger partial charge in [-0.15, -0.1) is 11.3 Å². The Morgan fingerprint density at radius 1 is 1.62 bits per heavy atom. The van der Waals surface area contributed by atoms with Crippen molar-refractivity contribution < 1.29 is 8.78 Å². The molecule has 13 heavy (non-hydrogen) atoms. The molecule has 0 radical (unpaired) electrons. The molecule has 0 aromatic carbocycles. The first-order valence-corrected chi connectivity index (χ1v) is 5.06. The lowest BCUT2D eigenvalue weighted by Gasteiger charge is -2.35. The van der Waals surface area contributed by atoms with E-state index in [0.29, 0.717) is 10.3 Å². The van der Waals surface area contributed by atoms with E-state index in [9.17, 15) is 8.78 Å². The van der Waals surface area contributed by atoms with E-state index in [-0.39, 0.29) is 18.9 Å². The lowest BCUT2D eigenvalue weighted by molar-refractivity contribution is -0.0793. The van der Waals surface area contributed by atoms with E-state index in [1.165, 1.54) is 11.3 Å². The second kappa shape index (κ2) is 3.06. The molecule has 0 unspecified atom stereocenters. The molecule has 72 valence electrons. The SMILES string of the molecule is FC1(F)CC(Nc2csc(Cl)n2)C1. The standard InChI is InChI=1S/C7H7ClF2N2S/c8-6-12-5(3-13-6)11-4-1-7(9,10)2-4/h3-4,11H,1-2H2. The van der Waals surface area contributed by atoms with Crippen LogP contribution in [-0.4, -0.2) is 16.9 Å². The maximum atomic E-state index is 12.4. The molecule has 1 saturated carbocycles. The van der Waals surface area contributed by atoms with Gasteiger partial charge in [0.25, 0.3) is 5.92 Å². The summed E-state index contributed by atoms with van der Waals surface area (Å²) in [6.07, 6.45) is -0.218. The van der Waals surface area contributed by atoms with Crippen LogP contribution in [0.2, 0.25) is 4.47 Å². The molecule has 1 aliphatic carbocycles. The van der Waals surface area contributed by atoms with Crippen molar-refractivity contribution >= 4 is 28.8 Å². The first-order chi connectivity index (χ1) is 6.05. The summed E-state index contributed by atoms with van der Waals surface area (Å²) in [5.41, 5.74) is 0. The van der Waals surface area contributed by atoms with Crippen LogP contribution in [0, 0.1) is 0 Å². The van der Waals surface area contributed by atoms with E-state index < -0.39 is 5.92 Å². The number of rotatable bonds is 2. The van der Waals surface area contributed by atoms with Crippen LogP contribution < -0.4 is 5.32 Å². The molecule has 1 aromatic heterocycles. The molecular formula is C7H7ClF2N2S. The molecule has 6 heteroatoms. The van der Waals surface area contributed by atoms with Crippen LogP contribution in [0.15, 0.2) is 5.38 Å². The van der Waals surface area contributed by atoms with Crippen LogP contribution in [0.4, 0.5) is 14.6 Å². The third-order valence-electron chi connectivity index (χ3n) is 1.92. The van der Waals surface area contributed by atoms with Crippen molar-refractivity contribution in [3.8, 4) is 0 Å². The maximum Gasteiger partial charge on any atom is 0.252 e. The Morgan fingerprint density at radius 2 is 2.31 bits per heavy atom. The lowest BCUT2D eigenvalue weighted by Crippen LogP contribution is -2.44. The fourth-order valence-electron chi connectivity index (χ4n) is 1.29. The van der Waals surface area contributed by atoms with Gasteiger partial charge in [-0.25, -0.2) is 13.8 Å². The highest BCUT2D eigenvalue weighted by molar-refractivity contribution is 7.14. The highest BCUT2D eigenvalue weighted by atomic mass is 35.5. The number of halogens is 3. The molecule has 1 heterocycles. The quantitative estimate of drug-likeness (QED) is 0.836. The Kier molecular flexibility index (Phi) is 2.15. The van der Waals surface area contributed by atoms with Crippen molar-refractivity contribution in [3.05, 3.63) is 9.85 Å². The summed E-state index contributed by atoms with van der Waals surface area (Å²) < 4.78 is 25.2.